The zero-order valence-electron chi connectivity index (χ0n) is 18.7. The predicted octanol–water partition coefficient (Wildman–Crippen LogP) is 3.84. The molecule has 0 aliphatic heterocycles. The second kappa shape index (κ2) is 9.35. The summed E-state index contributed by atoms with van der Waals surface area (Å²) in [5.41, 5.74) is 4.81. The molecule has 1 heterocycles. The molecule has 3 aromatic rings. The zero-order valence-corrected chi connectivity index (χ0v) is 19.5. The van der Waals surface area contributed by atoms with Crippen LogP contribution >= 0.6 is 0 Å². The van der Waals surface area contributed by atoms with E-state index in [2.05, 4.69) is 20.0 Å². The minimum Gasteiger partial charge on any atom is -0.483 e. The molecule has 2 N–H and O–H groups in total. The van der Waals surface area contributed by atoms with E-state index in [1.54, 1.807) is 19.9 Å². The van der Waals surface area contributed by atoms with Gasteiger partial charge >= 0.3 is 0 Å². The van der Waals surface area contributed by atoms with Gasteiger partial charge in [0.2, 0.25) is 5.95 Å². The number of anilines is 2. The van der Waals surface area contributed by atoms with Crippen molar-refractivity contribution in [2.75, 3.05) is 16.6 Å². The highest BCUT2D eigenvalue weighted by molar-refractivity contribution is 7.92. The summed E-state index contributed by atoms with van der Waals surface area (Å²) in [5, 5.41) is 2.71. The quantitative estimate of drug-likeness (QED) is 0.561. The average molecular weight is 455 g/mol. The summed E-state index contributed by atoms with van der Waals surface area (Å²) in [6, 6.07) is 11.5. The fraction of sp³-hybridized carbons (Fsp3) is 0.261. The van der Waals surface area contributed by atoms with Gasteiger partial charge in [-0.15, -0.1) is 0 Å². The number of sulfonamides is 1. The first-order valence-corrected chi connectivity index (χ1v) is 11.5. The molecule has 0 spiro atoms. The highest BCUT2D eigenvalue weighted by Crippen LogP contribution is 2.25. The van der Waals surface area contributed by atoms with Crippen LogP contribution in [0, 0.1) is 34.6 Å². The summed E-state index contributed by atoms with van der Waals surface area (Å²) in [5.74, 6) is 0.364. The van der Waals surface area contributed by atoms with Gasteiger partial charge in [-0.25, -0.2) is 23.1 Å². The Hall–Kier alpha value is -3.46. The van der Waals surface area contributed by atoms with Crippen molar-refractivity contribution >= 4 is 27.6 Å². The van der Waals surface area contributed by atoms with Gasteiger partial charge in [-0.3, -0.25) is 4.79 Å². The smallest absolute Gasteiger partial charge is 0.264 e. The van der Waals surface area contributed by atoms with Crippen molar-refractivity contribution in [1.82, 2.24) is 9.97 Å². The van der Waals surface area contributed by atoms with Crippen LogP contribution in [0.2, 0.25) is 0 Å². The Labute approximate surface area is 188 Å². The topological polar surface area (TPSA) is 110 Å². The fourth-order valence-corrected chi connectivity index (χ4v) is 4.09. The van der Waals surface area contributed by atoms with Crippen molar-refractivity contribution in [3.63, 3.8) is 0 Å². The Morgan fingerprint density at radius 2 is 1.50 bits per heavy atom. The van der Waals surface area contributed by atoms with Crippen LogP contribution in [-0.2, 0) is 14.8 Å². The lowest BCUT2D eigenvalue weighted by atomic mass is 10.1. The maximum atomic E-state index is 12.6. The number of hydrogen-bond acceptors (Lipinski definition) is 6. The Bertz CT molecular complexity index is 1240. The maximum Gasteiger partial charge on any atom is 0.264 e. The Kier molecular flexibility index (Phi) is 6.78. The standard InChI is InChI=1S/C23H26N4O4S/c1-14-6-7-15(2)22(18(14)5)31-13-21(28)26-19-8-10-20(11-9-19)32(29,30)27-23-24-16(3)12-17(4)25-23/h6-12H,13H2,1-5H3,(H,26,28)(H,24,25,27). The van der Waals surface area contributed by atoms with E-state index in [-0.39, 0.29) is 23.4 Å². The van der Waals surface area contributed by atoms with Crippen molar-refractivity contribution in [3.8, 4) is 5.75 Å². The molecule has 1 aromatic heterocycles. The molecular formula is C23H26N4O4S. The third kappa shape index (κ3) is 5.61. The molecule has 0 aliphatic carbocycles. The number of nitrogens with one attached hydrogen (secondary N) is 2. The molecule has 3 rings (SSSR count). The van der Waals surface area contributed by atoms with Gasteiger partial charge in [0.25, 0.3) is 15.9 Å². The molecule has 1 amide bonds. The van der Waals surface area contributed by atoms with Gasteiger partial charge in [-0.1, -0.05) is 12.1 Å². The fourth-order valence-electron chi connectivity index (χ4n) is 3.15. The van der Waals surface area contributed by atoms with Gasteiger partial charge < -0.3 is 10.1 Å². The lowest BCUT2D eigenvalue weighted by molar-refractivity contribution is -0.118. The molecule has 32 heavy (non-hydrogen) atoms. The first-order chi connectivity index (χ1) is 15.0. The number of aryl methyl sites for hydroxylation is 4. The first-order valence-electron chi connectivity index (χ1n) is 10.00. The van der Waals surface area contributed by atoms with E-state index in [0.717, 1.165) is 16.7 Å². The molecule has 0 aliphatic rings. The molecule has 0 atom stereocenters. The molecule has 0 unspecified atom stereocenters. The number of nitrogens with zero attached hydrogens (tertiary/aromatic N) is 2. The molecule has 0 saturated heterocycles. The van der Waals surface area contributed by atoms with Crippen LogP contribution in [0.15, 0.2) is 47.4 Å². The van der Waals surface area contributed by atoms with E-state index in [4.69, 9.17) is 4.74 Å². The number of carbonyl (C=O) groups excluding carboxylic acids is 1. The normalized spacial score (nSPS) is 11.2. The number of amides is 1. The molecule has 0 radical (unpaired) electrons. The molecule has 0 saturated carbocycles. The minimum absolute atomic E-state index is 0.0127. The Morgan fingerprint density at radius 1 is 0.906 bits per heavy atom. The number of benzene rings is 2. The van der Waals surface area contributed by atoms with E-state index < -0.39 is 10.0 Å². The zero-order chi connectivity index (χ0) is 23.5. The summed E-state index contributed by atoms with van der Waals surface area (Å²) in [6.07, 6.45) is 0. The maximum absolute atomic E-state index is 12.6. The van der Waals surface area contributed by atoms with E-state index in [9.17, 15) is 13.2 Å². The third-order valence-corrected chi connectivity index (χ3v) is 6.22. The molecule has 168 valence electrons. The van der Waals surface area contributed by atoms with Crippen LogP contribution in [0.1, 0.15) is 28.1 Å². The second-order valence-corrected chi connectivity index (χ2v) is 9.28. The average Bonchev–Trinajstić information content (AvgIpc) is 2.70. The summed E-state index contributed by atoms with van der Waals surface area (Å²) in [4.78, 5) is 20.5. The first kappa shape index (κ1) is 23.2. The molecule has 0 bridgehead atoms. The van der Waals surface area contributed by atoms with Crippen LogP contribution in [0.4, 0.5) is 11.6 Å². The van der Waals surface area contributed by atoms with Gasteiger partial charge in [0.15, 0.2) is 6.61 Å². The van der Waals surface area contributed by atoms with Crippen molar-refractivity contribution in [2.45, 2.75) is 39.5 Å². The number of carbonyl (C=O) groups is 1. The number of hydrogen-bond donors (Lipinski definition) is 2. The molecule has 2 aromatic carbocycles. The summed E-state index contributed by atoms with van der Waals surface area (Å²) >= 11 is 0. The summed E-state index contributed by atoms with van der Waals surface area (Å²) in [6.45, 7) is 9.22. The SMILES string of the molecule is Cc1cc(C)nc(NS(=O)(=O)c2ccc(NC(=O)COc3c(C)ccc(C)c3C)cc2)n1. The van der Waals surface area contributed by atoms with Crippen LogP contribution in [0.25, 0.3) is 0 Å². The molecule has 8 nitrogen and oxygen atoms in total. The van der Waals surface area contributed by atoms with Crippen molar-refractivity contribution in [3.05, 3.63) is 70.5 Å². The summed E-state index contributed by atoms with van der Waals surface area (Å²) in [7, 11) is -3.86. The highest BCUT2D eigenvalue weighted by atomic mass is 32.2. The molecule has 0 fully saturated rings. The van der Waals surface area contributed by atoms with E-state index in [1.807, 2.05) is 32.9 Å². The van der Waals surface area contributed by atoms with Gasteiger partial charge in [0.1, 0.15) is 5.75 Å². The molecular weight excluding hydrogens is 428 g/mol. The van der Waals surface area contributed by atoms with Crippen LogP contribution in [-0.4, -0.2) is 30.9 Å². The lowest BCUT2D eigenvalue weighted by Gasteiger charge is -2.14. The monoisotopic (exact) mass is 454 g/mol. The number of rotatable bonds is 7. The number of ether oxygens (including phenoxy) is 1. The largest absolute Gasteiger partial charge is 0.483 e. The van der Waals surface area contributed by atoms with Crippen molar-refractivity contribution in [2.24, 2.45) is 0 Å². The van der Waals surface area contributed by atoms with E-state index >= 15 is 0 Å². The van der Waals surface area contributed by atoms with Gasteiger partial charge in [0.05, 0.1) is 4.90 Å². The third-order valence-electron chi connectivity index (χ3n) is 4.88. The Balaban J connectivity index is 1.64. The molecule has 9 heteroatoms. The number of aromatic nitrogens is 2. The van der Waals surface area contributed by atoms with E-state index in [0.29, 0.717) is 22.8 Å². The highest BCUT2D eigenvalue weighted by Gasteiger charge is 2.16. The van der Waals surface area contributed by atoms with Crippen LogP contribution in [0.3, 0.4) is 0 Å². The summed E-state index contributed by atoms with van der Waals surface area (Å²) < 4.78 is 33.3. The lowest BCUT2D eigenvalue weighted by Crippen LogP contribution is -2.21. The van der Waals surface area contributed by atoms with E-state index in [1.165, 1.54) is 24.3 Å². The van der Waals surface area contributed by atoms with Gasteiger partial charge in [0, 0.05) is 17.1 Å². The Morgan fingerprint density at radius 3 is 2.12 bits per heavy atom. The van der Waals surface area contributed by atoms with Gasteiger partial charge in [-0.05, 0) is 81.6 Å². The van der Waals surface area contributed by atoms with Crippen molar-refractivity contribution in [1.29, 1.82) is 0 Å². The van der Waals surface area contributed by atoms with Crippen molar-refractivity contribution < 1.29 is 17.9 Å². The predicted molar refractivity (Wildman–Crippen MR) is 124 cm³/mol. The second-order valence-electron chi connectivity index (χ2n) is 7.59. The van der Waals surface area contributed by atoms with Crippen LogP contribution in [0.5, 0.6) is 5.75 Å². The minimum atomic E-state index is -3.86. The van der Waals surface area contributed by atoms with Gasteiger partial charge in [-0.2, -0.15) is 0 Å². The van der Waals surface area contributed by atoms with Crippen LogP contribution < -0.4 is 14.8 Å².